The van der Waals surface area contributed by atoms with Crippen molar-refractivity contribution in [1.29, 1.82) is 0 Å². The van der Waals surface area contributed by atoms with E-state index in [9.17, 15) is 0 Å². The van der Waals surface area contributed by atoms with Crippen LogP contribution < -0.4 is 4.90 Å². The van der Waals surface area contributed by atoms with E-state index in [0.717, 1.165) is 39.0 Å². The van der Waals surface area contributed by atoms with Crippen molar-refractivity contribution in [2.24, 2.45) is 0 Å². The van der Waals surface area contributed by atoms with Crippen LogP contribution in [-0.4, -0.2) is 4.98 Å². The molecule has 6 aromatic carbocycles. The van der Waals surface area contributed by atoms with E-state index in [1.165, 1.54) is 33.0 Å². The first-order valence-corrected chi connectivity index (χ1v) is 14.1. The van der Waals surface area contributed by atoms with E-state index in [1.807, 2.05) is 36.7 Å². The van der Waals surface area contributed by atoms with Crippen LogP contribution in [0.1, 0.15) is 0 Å². The molecule has 0 amide bonds. The Morgan fingerprint density at radius 3 is 1.83 bits per heavy atom. The van der Waals surface area contributed by atoms with Crippen LogP contribution in [0.25, 0.3) is 55.0 Å². The zero-order valence-electron chi connectivity index (χ0n) is 22.8. The van der Waals surface area contributed by atoms with Gasteiger partial charge in [-0.05, 0) is 69.4 Å². The van der Waals surface area contributed by atoms with Crippen LogP contribution in [-0.2, 0) is 0 Å². The molecule has 198 valence electrons. The standard InChI is InChI=1S/C39H26N2O/c1-3-9-27(10-4-1)29-17-20-33(21-18-29)41(37-26-40-25-36-35-13-7-8-14-38(35)42-39(36)37)34-22-19-31-23-30(15-16-32(31)24-34)28-11-5-2-6-12-28/h1-26H. The molecule has 2 heterocycles. The van der Waals surface area contributed by atoms with Crippen molar-refractivity contribution in [2.75, 3.05) is 4.90 Å². The van der Waals surface area contributed by atoms with Crippen LogP contribution in [0.5, 0.6) is 0 Å². The van der Waals surface area contributed by atoms with Crippen molar-refractivity contribution < 1.29 is 4.42 Å². The van der Waals surface area contributed by atoms with Gasteiger partial charge < -0.3 is 9.32 Å². The molecule has 0 fully saturated rings. The van der Waals surface area contributed by atoms with Gasteiger partial charge in [0.2, 0.25) is 0 Å². The molecule has 0 saturated heterocycles. The minimum atomic E-state index is 0.817. The van der Waals surface area contributed by atoms with Crippen LogP contribution in [0.3, 0.4) is 0 Å². The Bertz CT molecular complexity index is 2180. The number of pyridine rings is 1. The Kier molecular flexibility index (Phi) is 5.79. The molecule has 42 heavy (non-hydrogen) atoms. The van der Waals surface area contributed by atoms with E-state index in [4.69, 9.17) is 4.42 Å². The molecule has 2 aromatic heterocycles. The minimum Gasteiger partial charge on any atom is -0.454 e. The summed E-state index contributed by atoms with van der Waals surface area (Å²) in [7, 11) is 0. The van der Waals surface area contributed by atoms with Gasteiger partial charge in [-0.25, -0.2) is 0 Å². The second-order valence-corrected chi connectivity index (χ2v) is 10.5. The predicted molar refractivity (Wildman–Crippen MR) is 175 cm³/mol. The van der Waals surface area contributed by atoms with Gasteiger partial charge in [0.25, 0.3) is 0 Å². The number of para-hydroxylation sites is 1. The zero-order valence-corrected chi connectivity index (χ0v) is 22.8. The van der Waals surface area contributed by atoms with Crippen molar-refractivity contribution in [3.05, 3.63) is 158 Å². The summed E-state index contributed by atoms with van der Waals surface area (Å²) in [4.78, 5) is 6.93. The number of hydrogen-bond donors (Lipinski definition) is 0. The second kappa shape index (κ2) is 10.1. The van der Waals surface area contributed by atoms with Crippen LogP contribution in [0.15, 0.2) is 162 Å². The largest absolute Gasteiger partial charge is 0.454 e. The molecule has 0 aliphatic carbocycles. The summed E-state index contributed by atoms with van der Waals surface area (Å²) in [6.07, 6.45) is 3.80. The van der Waals surface area contributed by atoms with Crippen LogP contribution in [0, 0.1) is 0 Å². The lowest BCUT2D eigenvalue weighted by Crippen LogP contribution is -2.10. The number of anilines is 3. The van der Waals surface area contributed by atoms with Gasteiger partial charge in [-0.1, -0.05) is 109 Å². The fraction of sp³-hybridized carbons (Fsp3) is 0. The molecule has 8 aromatic rings. The van der Waals surface area contributed by atoms with Gasteiger partial charge in [-0.15, -0.1) is 0 Å². The number of benzene rings is 6. The molecule has 0 atom stereocenters. The molecule has 0 spiro atoms. The molecular weight excluding hydrogens is 512 g/mol. The van der Waals surface area contributed by atoms with Gasteiger partial charge in [0, 0.05) is 28.3 Å². The van der Waals surface area contributed by atoms with E-state index in [0.29, 0.717) is 0 Å². The third-order valence-corrected chi connectivity index (χ3v) is 7.93. The number of fused-ring (bicyclic) bond motifs is 4. The van der Waals surface area contributed by atoms with Gasteiger partial charge in [-0.3, -0.25) is 4.98 Å². The average Bonchev–Trinajstić information content (AvgIpc) is 3.45. The first-order chi connectivity index (χ1) is 20.8. The fourth-order valence-electron chi connectivity index (χ4n) is 5.83. The Hall–Kier alpha value is -5.67. The van der Waals surface area contributed by atoms with Gasteiger partial charge in [0.15, 0.2) is 5.58 Å². The van der Waals surface area contributed by atoms with Crippen LogP contribution >= 0.6 is 0 Å². The molecule has 0 saturated carbocycles. The molecule has 0 unspecified atom stereocenters. The normalized spacial score (nSPS) is 11.3. The summed E-state index contributed by atoms with van der Waals surface area (Å²) in [5.41, 5.74) is 9.43. The van der Waals surface area contributed by atoms with E-state index in [-0.39, 0.29) is 0 Å². The highest BCUT2D eigenvalue weighted by Gasteiger charge is 2.20. The van der Waals surface area contributed by atoms with Crippen molar-refractivity contribution in [3.8, 4) is 22.3 Å². The minimum absolute atomic E-state index is 0.817. The number of rotatable bonds is 5. The van der Waals surface area contributed by atoms with Gasteiger partial charge in [-0.2, -0.15) is 0 Å². The third-order valence-electron chi connectivity index (χ3n) is 7.93. The molecule has 0 aliphatic rings. The maximum atomic E-state index is 6.47. The SMILES string of the molecule is c1ccc(-c2ccc(N(c3ccc4cc(-c5ccccc5)ccc4c3)c3cncc4c3oc3ccccc34)cc2)cc1. The van der Waals surface area contributed by atoms with Crippen LogP contribution in [0.4, 0.5) is 17.1 Å². The highest BCUT2D eigenvalue weighted by atomic mass is 16.3. The highest BCUT2D eigenvalue weighted by Crippen LogP contribution is 2.42. The monoisotopic (exact) mass is 538 g/mol. The average molecular weight is 539 g/mol. The maximum Gasteiger partial charge on any atom is 0.162 e. The van der Waals surface area contributed by atoms with Crippen LogP contribution in [0.2, 0.25) is 0 Å². The van der Waals surface area contributed by atoms with Gasteiger partial charge in [0.05, 0.1) is 6.20 Å². The predicted octanol–water partition coefficient (Wildman–Crippen LogP) is 10.9. The van der Waals surface area contributed by atoms with Gasteiger partial charge in [0.1, 0.15) is 11.3 Å². The quantitative estimate of drug-likeness (QED) is 0.218. The first kappa shape index (κ1) is 24.2. The summed E-state index contributed by atoms with van der Waals surface area (Å²) >= 11 is 0. The summed E-state index contributed by atoms with van der Waals surface area (Å²) < 4.78 is 6.47. The molecule has 0 radical (unpaired) electrons. The summed E-state index contributed by atoms with van der Waals surface area (Å²) in [5.74, 6) is 0. The van der Waals surface area contributed by atoms with E-state index < -0.39 is 0 Å². The lowest BCUT2D eigenvalue weighted by atomic mass is 10.0. The van der Waals surface area contributed by atoms with E-state index in [1.54, 1.807) is 0 Å². The Balaban J connectivity index is 1.30. The number of aromatic nitrogens is 1. The molecule has 3 heteroatoms. The van der Waals surface area contributed by atoms with Crippen molar-refractivity contribution in [3.63, 3.8) is 0 Å². The molecule has 0 bridgehead atoms. The lowest BCUT2D eigenvalue weighted by molar-refractivity contribution is 0.668. The van der Waals surface area contributed by atoms with Crippen molar-refractivity contribution >= 4 is 49.8 Å². The molecule has 0 aliphatic heterocycles. The van der Waals surface area contributed by atoms with E-state index in [2.05, 4.69) is 131 Å². The number of hydrogen-bond acceptors (Lipinski definition) is 3. The highest BCUT2D eigenvalue weighted by molar-refractivity contribution is 6.10. The fourth-order valence-corrected chi connectivity index (χ4v) is 5.83. The Morgan fingerprint density at radius 2 is 1.05 bits per heavy atom. The summed E-state index contributed by atoms with van der Waals surface area (Å²) in [6.45, 7) is 0. The lowest BCUT2D eigenvalue weighted by Gasteiger charge is -2.25. The Morgan fingerprint density at radius 1 is 0.452 bits per heavy atom. The Labute approximate surface area is 243 Å². The first-order valence-electron chi connectivity index (χ1n) is 14.1. The molecular formula is C39H26N2O. The topological polar surface area (TPSA) is 29.3 Å². The van der Waals surface area contributed by atoms with Gasteiger partial charge >= 0.3 is 0 Å². The van der Waals surface area contributed by atoms with Crippen molar-refractivity contribution in [1.82, 2.24) is 4.98 Å². The van der Waals surface area contributed by atoms with E-state index >= 15 is 0 Å². The molecule has 3 nitrogen and oxygen atoms in total. The van der Waals surface area contributed by atoms with Crippen molar-refractivity contribution in [2.45, 2.75) is 0 Å². The summed E-state index contributed by atoms with van der Waals surface area (Å²) in [5, 5.41) is 4.43. The third kappa shape index (κ3) is 4.20. The summed E-state index contributed by atoms with van der Waals surface area (Å²) in [6, 6.07) is 51.1. The second-order valence-electron chi connectivity index (χ2n) is 10.5. The number of nitrogens with zero attached hydrogens (tertiary/aromatic N) is 2. The number of furan rings is 1. The zero-order chi connectivity index (χ0) is 27.9. The smallest absolute Gasteiger partial charge is 0.162 e. The molecule has 0 N–H and O–H groups in total. The molecule has 8 rings (SSSR count). The maximum absolute atomic E-state index is 6.47.